The number of aromatic nitrogens is 5. The van der Waals surface area contributed by atoms with Gasteiger partial charge in [0.2, 0.25) is 0 Å². The van der Waals surface area contributed by atoms with Crippen LogP contribution in [0.5, 0.6) is 5.75 Å². The molecule has 15 heteroatoms. The van der Waals surface area contributed by atoms with Crippen LogP contribution in [0.4, 0.5) is 23.8 Å². The zero-order valence-corrected chi connectivity index (χ0v) is 31.6. The molecule has 11 nitrogen and oxygen atoms in total. The summed E-state index contributed by atoms with van der Waals surface area (Å²) in [6.45, 7) is 16.1. The van der Waals surface area contributed by atoms with Gasteiger partial charge in [-0.1, -0.05) is 25.7 Å². The van der Waals surface area contributed by atoms with Crippen molar-refractivity contribution in [3.05, 3.63) is 35.9 Å². The maximum atomic E-state index is 14.2. The summed E-state index contributed by atoms with van der Waals surface area (Å²) in [6.07, 6.45) is 2.85. The Morgan fingerprint density at radius 1 is 1.10 bits per heavy atom. The highest BCUT2D eigenvalue weighted by molar-refractivity contribution is 6.76. The zero-order chi connectivity index (χ0) is 36.4. The van der Waals surface area contributed by atoms with Crippen LogP contribution in [0.1, 0.15) is 77.2 Å². The Morgan fingerprint density at radius 2 is 1.82 bits per heavy atom. The number of halogens is 3. The van der Waals surface area contributed by atoms with E-state index in [1.807, 2.05) is 38.4 Å². The highest BCUT2D eigenvalue weighted by Crippen LogP contribution is 2.40. The number of amides is 1. The second-order valence-corrected chi connectivity index (χ2v) is 21.2. The molecule has 5 rings (SSSR count). The minimum absolute atomic E-state index is 0.0191. The third-order valence-corrected chi connectivity index (χ3v) is 10.8. The number of carbonyl (C=O) groups excluding carboxylic acids is 1. The lowest BCUT2D eigenvalue weighted by Gasteiger charge is -2.30. The van der Waals surface area contributed by atoms with E-state index in [-0.39, 0.29) is 18.5 Å². The minimum atomic E-state index is -4.64. The van der Waals surface area contributed by atoms with Gasteiger partial charge in [0.25, 0.3) is 0 Å². The van der Waals surface area contributed by atoms with Crippen molar-refractivity contribution in [3.8, 4) is 5.75 Å². The lowest BCUT2D eigenvalue weighted by atomic mass is 9.93. The Labute approximate surface area is 293 Å². The van der Waals surface area contributed by atoms with Crippen LogP contribution < -0.4 is 9.64 Å². The summed E-state index contributed by atoms with van der Waals surface area (Å²) >= 11 is 0. The van der Waals surface area contributed by atoms with Gasteiger partial charge in [-0.15, -0.1) is 0 Å². The first-order valence-corrected chi connectivity index (χ1v) is 21.3. The van der Waals surface area contributed by atoms with Gasteiger partial charge in [0.1, 0.15) is 18.1 Å². The van der Waals surface area contributed by atoms with Gasteiger partial charge in [-0.05, 0) is 78.5 Å². The number of alkyl halides is 3. The molecule has 3 aromatic rings. The smallest absolute Gasteiger partial charge is 0.436 e. The van der Waals surface area contributed by atoms with E-state index < -0.39 is 37.7 Å². The molecular weight excluding hydrogens is 668 g/mol. The number of carbonyl (C=O) groups is 1. The second-order valence-electron chi connectivity index (χ2n) is 15.6. The monoisotopic (exact) mass is 719 g/mol. The quantitative estimate of drug-likeness (QED) is 0.145. The van der Waals surface area contributed by atoms with Crippen LogP contribution in [0, 0.1) is 0 Å². The first-order valence-electron chi connectivity index (χ1n) is 17.6. The average molecular weight is 720 g/mol. The molecule has 4 heterocycles. The molecule has 0 saturated heterocycles. The van der Waals surface area contributed by atoms with Crippen molar-refractivity contribution < 1.29 is 32.2 Å². The molecule has 1 saturated carbocycles. The van der Waals surface area contributed by atoms with E-state index in [1.165, 1.54) is 4.90 Å². The van der Waals surface area contributed by atoms with Crippen LogP contribution >= 0.6 is 0 Å². The SMILES string of the molecule is CCN(C(=O)OC(C)(C)C)c1cc2c(cn1)c(C1=CCN(C)CC1)nn2[C@H]1CC[C@@H](Oc2cnn(COCC[Si](C)(C)C)c2C(F)(F)F)CC1. The van der Waals surface area contributed by atoms with Crippen molar-refractivity contribution >= 4 is 36.5 Å². The molecule has 0 radical (unpaired) electrons. The summed E-state index contributed by atoms with van der Waals surface area (Å²) in [7, 11) is 0.699. The fourth-order valence-electron chi connectivity index (χ4n) is 6.33. The zero-order valence-electron chi connectivity index (χ0n) is 30.6. The molecule has 3 aromatic heterocycles. The lowest BCUT2D eigenvalue weighted by Crippen LogP contribution is -2.37. The average Bonchev–Trinajstić information content (AvgIpc) is 3.60. The topological polar surface area (TPSA) is 99.8 Å². The third-order valence-electron chi connectivity index (χ3n) is 9.07. The number of pyridine rings is 1. The van der Waals surface area contributed by atoms with E-state index in [0.29, 0.717) is 44.7 Å². The van der Waals surface area contributed by atoms with Crippen LogP contribution in [-0.2, 0) is 22.4 Å². The van der Waals surface area contributed by atoms with Gasteiger partial charge in [-0.3, -0.25) is 9.58 Å². The molecule has 276 valence electrons. The molecule has 0 spiro atoms. The molecule has 1 aliphatic carbocycles. The number of rotatable bonds is 11. The molecule has 1 amide bonds. The van der Waals surface area contributed by atoms with Crippen LogP contribution in [0.3, 0.4) is 0 Å². The van der Waals surface area contributed by atoms with Crippen LogP contribution in [0.15, 0.2) is 24.5 Å². The number of hydrogen-bond acceptors (Lipinski definition) is 8. The van der Waals surface area contributed by atoms with Gasteiger partial charge >= 0.3 is 12.3 Å². The molecular formula is C35H52F3N7O4Si. The number of likely N-dealkylation sites (N-methyl/N-ethyl adjacent to an activating group) is 1. The van der Waals surface area contributed by atoms with E-state index in [4.69, 9.17) is 19.3 Å². The van der Waals surface area contributed by atoms with Crippen molar-refractivity contribution in [1.29, 1.82) is 0 Å². The predicted molar refractivity (Wildman–Crippen MR) is 190 cm³/mol. The van der Waals surface area contributed by atoms with E-state index in [2.05, 4.69) is 47.7 Å². The van der Waals surface area contributed by atoms with E-state index in [9.17, 15) is 18.0 Å². The predicted octanol–water partition coefficient (Wildman–Crippen LogP) is 8.00. The number of fused-ring (bicyclic) bond motifs is 1. The number of nitrogens with zero attached hydrogens (tertiary/aromatic N) is 7. The van der Waals surface area contributed by atoms with Crippen molar-refractivity contribution in [3.63, 3.8) is 0 Å². The highest BCUT2D eigenvalue weighted by atomic mass is 28.3. The maximum Gasteiger partial charge on any atom is 0.436 e. The van der Waals surface area contributed by atoms with Gasteiger partial charge < -0.3 is 19.1 Å². The molecule has 1 aliphatic heterocycles. The standard InChI is InChI=1S/C35H52F3N7O4Si/c1-9-43(33(46)49-34(2,3)4)30-20-28-27(21-39-30)31(24-14-16-42(5)17-15-24)41-45(28)25-10-12-26(13-11-25)48-29-22-40-44(32(29)35(36,37)38)23-47-18-19-50(6,7)8/h14,20-22,25-26H,9-13,15-19,23H2,1-8H3/t25-,26+. The summed E-state index contributed by atoms with van der Waals surface area (Å²) in [5.41, 5.74) is 1.29. The number of hydrogen-bond donors (Lipinski definition) is 0. The fraction of sp³-hybridized carbons (Fsp3) is 0.657. The number of anilines is 1. The van der Waals surface area contributed by atoms with Gasteiger partial charge in [0.05, 0.1) is 29.6 Å². The Balaban J connectivity index is 1.36. The summed E-state index contributed by atoms with van der Waals surface area (Å²) in [6, 6.07) is 2.73. The van der Waals surface area contributed by atoms with Crippen molar-refractivity contribution in [2.75, 3.05) is 38.2 Å². The van der Waals surface area contributed by atoms with Crippen LogP contribution in [0.2, 0.25) is 25.7 Å². The fourth-order valence-corrected chi connectivity index (χ4v) is 7.08. The van der Waals surface area contributed by atoms with Crippen molar-refractivity contribution in [1.82, 2.24) is 29.4 Å². The van der Waals surface area contributed by atoms with Gasteiger partial charge in [0, 0.05) is 52.0 Å². The molecule has 0 aromatic carbocycles. The lowest BCUT2D eigenvalue weighted by molar-refractivity contribution is -0.148. The Bertz CT molecular complexity index is 1670. The first kappa shape index (κ1) is 37.8. The Morgan fingerprint density at radius 3 is 2.42 bits per heavy atom. The summed E-state index contributed by atoms with van der Waals surface area (Å²) in [5, 5.41) is 10.0. The van der Waals surface area contributed by atoms with Crippen molar-refractivity contribution in [2.24, 2.45) is 0 Å². The van der Waals surface area contributed by atoms with Crippen LogP contribution in [0.25, 0.3) is 16.5 Å². The maximum absolute atomic E-state index is 14.2. The second kappa shape index (κ2) is 15.0. The van der Waals surface area contributed by atoms with Gasteiger partial charge in [0.15, 0.2) is 11.4 Å². The van der Waals surface area contributed by atoms with Gasteiger partial charge in [-0.2, -0.15) is 23.4 Å². The largest absolute Gasteiger partial charge is 0.486 e. The Kier molecular flexibility index (Phi) is 11.4. The molecule has 0 bridgehead atoms. The van der Waals surface area contributed by atoms with E-state index >= 15 is 0 Å². The highest BCUT2D eigenvalue weighted by Gasteiger charge is 2.40. The molecule has 0 atom stereocenters. The summed E-state index contributed by atoms with van der Waals surface area (Å²) in [4.78, 5) is 21.5. The Hall–Kier alpha value is -3.43. The summed E-state index contributed by atoms with van der Waals surface area (Å²) in [5.74, 6) is 0.200. The summed E-state index contributed by atoms with van der Waals surface area (Å²) < 4.78 is 62.7. The molecule has 0 unspecified atom stereocenters. The normalized spacial score (nSPS) is 19.5. The van der Waals surface area contributed by atoms with Gasteiger partial charge in [-0.25, -0.2) is 14.5 Å². The van der Waals surface area contributed by atoms with E-state index in [1.54, 1.807) is 6.20 Å². The minimum Gasteiger partial charge on any atom is -0.486 e. The van der Waals surface area contributed by atoms with E-state index in [0.717, 1.165) is 58.6 Å². The molecule has 1 fully saturated rings. The van der Waals surface area contributed by atoms with Crippen LogP contribution in [-0.4, -0.2) is 88.6 Å². The first-order chi connectivity index (χ1) is 23.4. The third kappa shape index (κ3) is 9.26. The molecule has 50 heavy (non-hydrogen) atoms. The molecule has 0 N–H and O–H groups in total. The van der Waals surface area contributed by atoms with Crippen molar-refractivity contribution in [2.45, 2.75) is 116 Å². The number of ether oxygens (including phenoxy) is 3. The molecule has 2 aliphatic rings.